The van der Waals surface area contributed by atoms with Crippen molar-refractivity contribution in [2.45, 2.75) is 95.9 Å². The Morgan fingerprint density at radius 2 is 1.97 bits per heavy atom. The van der Waals surface area contributed by atoms with E-state index in [1.807, 2.05) is 13.2 Å². The fourth-order valence-electron chi connectivity index (χ4n) is 5.37. The molecule has 2 aliphatic heterocycles. The van der Waals surface area contributed by atoms with Crippen molar-refractivity contribution in [2.24, 2.45) is 5.92 Å². The van der Waals surface area contributed by atoms with Gasteiger partial charge in [0.2, 0.25) is 11.8 Å². The summed E-state index contributed by atoms with van der Waals surface area (Å²) in [6.45, 7) is 7.71. The van der Waals surface area contributed by atoms with Gasteiger partial charge < -0.3 is 25.2 Å². The van der Waals surface area contributed by atoms with Crippen molar-refractivity contribution < 1.29 is 14.3 Å². The van der Waals surface area contributed by atoms with E-state index < -0.39 is 6.04 Å². The number of carbonyl (C=O) groups excluding carboxylic acids is 2. The maximum absolute atomic E-state index is 13.8. The lowest BCUT2D eigenvalue weighted by molar-refractivity contribution is -0.139. The van der Waals surface area contributed by atoms with E-state index in [1.165, 1.54) is 6.42 Å². The van der Waals surface area contributed by atoms with Crippen LogP contribution in [0.4, 0.5) is 0 Å². The number of likely N-dealkylation sites (N-methyl/N-ethyl adjacent to an activating group) is 2. The third kappa shape index (κ3) is 6.70. The Morgan fingerprint density at radius 1 is 1.19 bits per heavy atom. The van der Waals surface area contributed by atoms with Crippen LogP contribution in [0.25, 0.3) is 0 Å². The summed E-state index contributed by atoms with van der Waals surface area (Å²) in [6.07, 6.45) is 13.9. The first kappa shape index (κ1) is 25.0. The maximum atomic E-state index is 13.8. The molecule has 0 aromatic heterocycles. The number of nitrogens with zero attached hydrogens (tertiary/aromatic N) is 2. The number of likely N-dealkylation sites (tertiary alicyclic amines) is 1. The molecule has 0 aromatic rings. The predicted octanol–water partition coefficient (Wildman–Crippen LogP) is 2.67. The minimum atomic E-state index is -0.396. The normalized spacial score (nSPS) is 25.7. The van der Waals surface area contributed by atoms with Gasteiger partial charge >= 0.3 is 0 Å². The molecule has 4 atom stereocenters. The quantitative estimate of drug-likeness (QED) is 0.508. The highest BCUT2D eigenvalue weighted by atomic mass is 16.5. The van der Waals surface area contributed by atoms with Crippen molar-refractivity contribution in [3.63, 3.8) is 0 Å². The van der Waals surface area contributed by atoms with Gasteiger partial charge in [-0.25, -0.2) is 0 Å². The molecule has 7 heteroatoms. The largest absolute Gasteiger partial charge is 0.498 e. The number of rotatable bonds is 11. The number of ether oxygens (including phenoxy) is 1. The van der Waals surface area contributed by atoms with Crippen LogP contribution in [0.2, 0.25) is 0 Å². The van der Waals surface area contributed by atoms with Crippen molar-refractivity contribution >= 4 is 11.8 Å². The Hall–Kier alpha value is -1.60. The van der Waals surface area contributed by atoms with Gasteiger partial charge in [-0.3, -0.25) is 9.59 Å². The van der Waals surface area contributed by atoms with Gasteiger partial charge in [0.25, 0.3) is 0 Å². The van der Waals surface area contributed by atoms with E-state index in [1.54, 1.807) is 7.05 Å². The second-order valence-electron chi connectivity index (χ2n) is 9.77. The van der Waals surface area contributed by atoms with Gasteiger partial charge in [-0.15, -0.1) is 0 Å². The summed E-state index contributed by atoms with van der Waals surface area (Å²) >= 11 is 0. The Morgan fingerprint density at radius 3 is 2.62 bits per heavy atom. The van der Waals surface area contributed by atoms with Crippen LogP contribution in [0.1, 0.15) is 71.6 Å². The monoisotopic (exact) mass is 448 g/mol. The minimum absolute atomic E-state index is 0.0764. The molecule has 1 saturated carbocycles. The molecule has 7 nitrogen and oxygen atoms in total. The number of amides is 2. The lowest BCUT2D eigenvalue weighted by atomic mass is 9.83. The van der Waals surface area contributed by atoms with Crippen LogP contribution < -0.4 is 10.6 Å². The van der Waals surface area contributed by atoms with Crippen molar-refractivity contribution in [2.75, 3.05) is 33.2 Å². The van der Waals surface area contributed by atoms with Crippen LogP contribution in [0.3, 0.4) is 0 Å². The van der Waals surface area contributed by atoms with Gasteiger partial charge in [0.1, 0.15) is 12.1 Å². The first-order valence-corrected chi connectivity index (χ1v) is 12.8. The molecule has 1 aliphatic carbocycles. The second-order valence-corrected chi connectivity index (χ2v) is 9.77. The van der Waals surface area contributed by atoms with Crippen molar-refractivity contribution in [3.05, 3.63) is 12.3 Å². The molecule has 0 spiro atoms. The smallest absolute Gasteiger partial charge is 0.245 e. The molecule has 32 heavy (non-hydrogen) atoms. The molecule has 0 radical (unpaired) electrons. The minimum Gasteiger partial charge on any atom is -0.498 e. The van der Waals surface area contributed by atoms with Crippen LogP contribution in [-0.4, -0.2) is 79.1 Å². The lowest BCUT2D eigenvalue weighted by Crippen LogP contribution is -2.57. The first-order chi connectivity index (χ1) is 15.5. The number of hydrogen-bond acceptors (Lipinski definition) is 5. The highest BCUT2D eigenvalue weighted by molar-refractivity contribution is 5.90. The zero-order valence-corrected chi connectivity index (χ0v) is 20.4. The Kier molecular flexibility index (Phi) is 9.85. The topological polar surface area (TPSA) is 73.9 Å². The van der Waals surface area contributed by atoms with E-state index in [2.05, 4.69) is 33.4 Å². The molecule has 2 N–H and O–H groups in total. The number of hydrogen-bond donors (Lipinski definition) is 2. The van der Waals surface area contributed by atoms with E-state index in [0.29, 0.717) is 6.10 Å². The Labute approximate surface area is 194 Å². The molecule has 1 saturated heterocycles. The van der Waals surface area contributed by atoms with E-state index >= 15 is 0 Å². The molecule has 0 aromatic carbocycles. The summed E-state index contributed by atoms with van der Waals surface area (Å²) in [6, 6.07) is -0.465. The molecule has 2 amide bonds. The van der Waals surface area contributed by atoms with Crippen LogP contribution in [-0.2, 0) is 14.3 Å². The Bertz CT molecular complexity index is 627. The fraction of sp³-hybridized carbons (Fsp3) is 0.840. The number of carbonyl (C=O) groups is 2. The summed E-state index contributed by atoms with van der Waals surface area (Å²) in [5.41, 5.74) is 0. The van der Waals surface area contributed by atoms with Crippen LogP contribution in [0, 0.1) is 5.92 Å². The molecule has 1 unspecified atom stereocenters. The van der Waals surface area contributed by atoms with Crippen molar-refractivity contribution in [1.82, 2.24) is 20.4 Å². The molecule has 2 fully saturated rings. The zero-order chi connectivity index (χ0) is 22.9. The van der Waals surface area contributed by atoms with E-state index in [4.69, 9.17) is 4.74 Å². The molecule has 3 rings (SSSR count). The SMILES string of the molecule is CCN(CCC1CC=CO1)C[C@@H]1CCCN1C(=O)[C@@H](NC(=O)[C@H](C)NC)C1CCCCC1. The van der Waals surface area contributed by atoms with Gasteiger partial charge in [-0.1, -0.05) is 26.2 Å². The molecule has 2 heterocycles. The van der Waals surface area contributed by atoms with Crippen LogP contribution >= 0.6 is 0 Å². The van der Waals surface area contributed by atoms with Gasteiger partial charge in [0, 0.05) is 32.1 Å². The third-order valence-electron chi connectivity index (χ3n) is 7.62. The zero-order valence-electron chi connectivity index (χ0n) is 20.4. The van der Waals surface area contributed by atoms with E-state index in [9.17, 15) is 9.59 Å². The number of nitrogens with one attached hydrogen (secondary N) is 2. The maximum Gasteiger partial charge on any atom is 0.245 e. The summed E-state index contributed by atoms with van der Waals surface area (Å²) in [7, 11) is 1.78. The van der Waals surface area contributed by atoms with E-state index in [-0.39, 0.29) is 29.8 Å². The highest BCUT2D eigenvalue weighted by Gasteiger charge is 2.39. The summed E-state index contributed by atoms with van der Waals surface area (Å²) in [4.78, 5) is 31.0. The van der Waals surface area contributed by atoms with Crippen LogP contribution in [0.5, 0.6) is 0 Å². The predicted molar refractivity (Wildman–Crippen MR) is 127 cm³/mol. The lowest BCUT2D eigenvalue weighted by Gasteiger charge is -2.37. The standard InChI is InChI=1S/C25H44N4O3/c1-4-28(16-14-22-13-9-17-32-22)18-21-12-8-15-29(21)25(31)23(20-10-6-5-7-11-20)27-24(30)19(2)26-3/h9,17,19-23,26H,4-8,10-16,18H2,1-3H3,(H,27,30)/t19-,21-,22?,23-/m0/s1. The summed E-state index contributed by atoms with van der Waals surface area (Å²) in [5.74, 6) is 0.308. The van der Waals surface area contributed by atoms with Gasteiger partial charge in [-0.2, -0.15) is 0 Å². The van der Waals surface area contributed by atoms with Crippen molar-refractivity contribution in [3.8, 4) is 0 Å². The Balaban J connectivity index is 1.63. The molecule has 182 valence electrons. The third-order valence-corrected chi connectivity index (χ3v) is 7.62. The summed E-state index contributed by atoms with van der Waals surface area (Å²) < 4.78 is 5.62. The molecular formula is C25H44N4O3. The van der Waals surface area contributed by atoms with E-state index in [0.717, 1.165) is 77.5 Å². The molecule has 0 bridgehead atoms. The highest BCUT2D eigenvalue weighted by Crippen LogP contribution is 2.29. The first-order valence-electron chi connectivity index (χ1n) is 12.8. The average Bonchev–Trinajstić information content (AvgIpc) is 3.51. The van der Waals surface area contributed by atoms with Gasteiger partial charge in [-0.05, 0) is 64.6 Å². The average molecular weight is 449 g/mol. The molecular weight excluding hydrogens is 404 g/mol. The molecule has 3 aliphatic rings. The second kappa shape index (κ2) is 12.6. The fourth-order valence-corrected chi connectivity index (χ4v) is 5.37. The van der Waals surface area contributed by atoms with Crippen LogP contribution in [0.15, 0.2) is 12.3 Å². The van der Waals surface area contributed by atoms with Crippen molar-refractivity contribution in [1.29, 1.82) is 0 Å². The van der Waals surface area contributed by atoms with Gasteiger partial charge in [0.15, 0.2) is 0 Å². The summed E-state index contributed by atoms with van der Waals surface area (Å²) in [5, 5.41) is 6.14. The van der Waals surface area contributed by atoms with Gasteiger partial charge in [0.05, 0.1) is 12.3 Å².